The zero-order valence-corrected chi connectivity index (χ0v) is 7.67. The summed E-state index contributed by atoms with van der Waals surface area (Å²) in [5, 5.41) is 5.27. The number of amides is 2. The van der Waals surface area contributed by atoms with Crippen molar-refractivity contribution in [3.05, 3.63) is 0 Å². The molecule has 1 heterocycles. The first kappa shape index (κ1) is 9.98. The molecular formula is C8H15N3O2. The maximum Gasteiger partial charge on any atom is 0.242 e. The standard InChI is InChI=1S/C8H15N3O2/c1-5(9)7(12)11-6-3-2-4-10-8(6)13/h5-6H,2-4,9H2,1H3,(H,10,13)(H,11,12)/t5-,6?/m1/s1. The van der Waals surface area contributed by atoms with Gasteiger partial charge in [-0.15, -0.1) is 0 Å². The summed E-state index contributed by atoms with van der Waals surface area (Å²) >= 11 is 0. The molecule has 0 aromatic heterocycles. The lowest BCUT2D eigenvalue weighted by Gasteiger charge is -2.23. The van der Waals surface area contributed by atoms with Crippen LogP contribution < -0.4 is 16.4 Å². The lowest BCUT2D eigenvalue weighted by atomic mass is 10.1. The molecule has 0 spiro atoms. The van der Waals surface area contributed by atoms with Crippen molar-refractivity contribution in [1.29, 1.82) is 0 Å². The summed E-state index contributed by atoms with van der Waals surface area (Å²) in [7, 11) is 0. The van der Waals surface area contributed by atoms with Gasteiger partial charge in [-0.2, -0.15) is 0 Å². The Hall–Kier alpha value is -1.10. The highest BCUT2D eigenvalue weighted by atomic mass is 16.2. The second kappa shape index (κ2) is 4.23. The molecule has 1 unspecified atom stereocenters. The summed E-state index contributed by atoms with van der Waals surface area (Å²) in [6, 6.07) is -0.957. The van der Waals surface area contributed by atoms with E-state index in [-0.39, 0.29) is 11.8 Å². The van der Waals surface area contributed by atoms with Crippen LogP contribution in [0.4, 0.5) is 0 Å². The first-order valence-electron chi connectivity index (χ1n) is 4.45. The predicted molar refractivity (Wildman–Crippen MR) is 47.8 cm³/mol. The fourth-order valence-corrected chi connectivity index (χ4v) is 1.21. The molecule has 0 aliphatic carbocycles. The summed E-state index contributed by atoms with van der Waals surface area (Å²) in [6.07, 6.45) is 1.60. The van der Waals surface area contributed by atoms with E-state index in [1.807, 2.05) is 0 Å². The average molecular weight is 185 g/mol. The zero-order valence-electron chi connectivity index (χ0n) is 7.67. The highest BCUT2D eigenvalue weighted by Crippen LogP contribution is 2.02. The summed E-state index contributed by atoms with van der Waals surface area (Å²) < 4.78 is 0. The Labute approximate surface area is 77.1 Å². The van der Waals surface area contributed by atoms with E-state index >= 15 is 0 Å². The van der Waals surface area contributed by atoms with E-state index in [4.69, 9.17) is 5.73 Å². The Kier molecular flexibility index (Phi) is 3.25. The van der Waals surface area contributed by atoms with Crippen molar-refractivity contribution in [2.75, 3.05) is 6.54 Å². The minimum atomic E-state index is -0.560. The van der Waals surface area contributed by atoms with Crippen LogP contribution in [-0.4, -0.2) is 30.4 Å². The SMILES string of the molecule is C[C@@H](N)C(=O)NC1CCCNC1=O. The van der Waals surface area contributed by atoms with Crippen molar-refractivity contribution in [2.45, 2.75) is 31.8 Å². The van der Waals surface area contributed by atoms with Crippen LogP contribution in [0.3, 0.4) is 0 Å². The van der Waals surface area contributed by atoms with Crippen LogP contribution in [0.5, 0.6) is 0 Å². The number of nitrogens with one attached hydrogen (secondary N) is 2. The Morgan fingerprint density at radius 3 is 3.00 bits per heavy atom. The molecule has 1 fully saturated rings. The van der Waals surface area contributed by atoms with Gasteiger partial charge in [0.05, 0.1) is 6.04 Å². The second-order valence-corrected chi connectivity index (χ2v) is 3.28. The summed E-state index contributed by atoms with van der Waals surface area (Å²) in [5.41, 5.74) is 5.35. The molecule has 5 nitrogen and oxygen atoms in total. The number of rotatable bonds is 2. The van der Waals surface area contributed by atoms with Gasteiger partial charge < -0.3 is 16.4 Å². The largest absolute Gasteiger partial charge is 0.354 e. The van der Waals surface area contributed by atoms with Crippen molar-refractivity contribution in [1.82, 2.24) is 10.6 Å². The van der Waals surface area contributed by atoms with Gasteiger partial charge in [0, 0.05) is 6.54 Å². The Morgan fingerprint density at radius 2 is 2.46 bits per heavy atom. The van der Waals surface area contributed by atoms with E-state index in [9.17, 15) is 9.59 Å². The molecule has 4 N–H and O–H groups in total. The lowest BCUT2D eigenvalue weighted by Crippen LogP contribution is -2.53. The number of carbonyl (C=O) groups is 2. The minimum Gasteiger partial charge on any atom is -0.354 e. The predicted octanol–water partition coefficient (Wildman–Crippen LogP) is -1.27. The fourth-order valence-electron chi connectivity index (χ4n) is 1.21. The number of piperidine rings is 1. The van der Waals surface area contributed by atoms with Crippen LogP contribution in [0.1, 0.15) is 19.8 Å². The van der Waals surface area contributed by atoms with Crippen molar-refractivity contribution >= 4 is 11.8 Å². The Balaban J connectivity index is 2.43. The molecular weight excluding hydrogens is 170 g/mol. The van der Waals surface area contributed by atoms with Crippen molar-refractivity contribution in [3.8, 4) is 0 Å². The van der Waals surface area contributed by atoms with E-state index in [1.165, 1.54) is 0 Å². The van der Waals surface area contributed by atoms with Gasteiger partial charge in [0.25, 0.3) is 0 Å². The topological polar surface area (TPSA) is 84.2 Å². The monoisotopic (exact) mass is 185 g/mol. The lowest BCUT2D eigenvalue weighted by molar-refractivity contribution is -0.130. The number of hydrogen-bond donors (Lipinski definition) is 3. The van der Waals surface area contributed by atoms with Crippen LogP contribution >= 0.6 is 0 Å². The third-order valence-electron chi connectivity index (χ3n) is 2.02. The molecule has 13 heavy (non-hydrogen) atoms. The van der Waals surface area contributed by atoms with Crippen LogP contribution in [0.15, 0.2) is 0 Å². The zero-order chi connectivity index (χ0) is 9.84. The molecule has 74 valence electrons. The fraction of sp³-hybridized carbons (Fsp3) is 0.750. The van der Waals surface area contributed by atoms with Crippen LogP contribution in [0, 0.1) is 0 Å². The maximum absolute atomic E-state index is 11.2. The Morgan fingerprint density at radius 1 is 1.77 bits per heavy atom. The van der Waals surface area contributed by atoms with E-state index < -0.39 is 12.1 Å². The highest BCUT2D eigenvalue weighted by molar-refractivity contribution is 5.89. The molecule has 5 heteroatoms. The van der Waals surface area contributed by atoms with Crippen LogP contribution in [0.2, 0.25) is 0 Å². The average Bonchev–Trinajstić information content (AvgIpc) is 2.08. The number of carbonyl (C=O) groups excluding carboxylic acids is 2. The van der Waals surface area contributed by atoms with Crippen molar-refractivity contribution in [3.63, 3.8) is 0 Å². The second-order valence-electron chi connectivity index (χ2n) is 3.28. The highest BCUT2D eigenvalue weighted by Gasteiger charge is 2.24. The van der Waals surface area contributed by atoms with E-state index in [1.54, 1.807) is 6.92 Å². The van der Waals surface area contributed by atoms with Gasteiger partial charge in [0.2, 0.25) is 11.8 Å². The molecule has 1 rings (SSSR count). The van der Waals surface area contributed by atoms with E-state index in [2.05, 4.69) is 10.6 Å². The molecule has 0 radical (unpaired) electrons. The third-order valence-corrected chi connectivity index (χ3v) is 2.02. The minimum absolute atomic E-state index is 0.111. The first-order chi connectivity index (χ1) is 6.11. The normalized spacial score (nSPS) is 24.8. The Bertz CT molecular complexity index is 215. The maximum atomic E-state index is 11.2. The molecule has 2 atom stereocenters. The van der Waals surface area contributed by atoms with Gasteiger partial charge in [-0.1, -0.05) is 0 Å². The molecule has 0 aromatic rings. The molecule has 1 aliphatic heterocycles. The smallest absolute Gasteiger partial charge is 0.242 e. The van der Waals surface area contributed by atoms with Gasteiger partial charge in [0.15, 0.2) is 0 Å². The van der Waals surface area contributed by atoms with Gasteiger partial charge in [-0.3, -0.25) is 9.59 Å². The quantitative estimate of drug-likeness (QED) is 0.501. The number of nitrogens with two attached hydrogens (primary N) is 1. The van der Waals surface area contributed by atoms with Gasteiger partial charge in [-0.25, -0.2) is 0 Å². The number of hydrogen-bond acceptors (Lipinski definition) is 3. The van der Waals surface area contributed by atoms with Gasteiger partial charge >= 0.3 is 0 Å². The summed E-state index contributed by atoms with van der Waals surface area (Å²) in [5.74, 6) is -0.387. The van der Waals surface area contributed by atoms with Crippen molar-refractivity contribution < 1.29 is 9.59 Å². The van der Waals surface area contributed by atoms with E-state index in [0.717, 1.165) is 6.42 Å². The molecule has 0 bridgehead atoms. The van der Waals surface area contributed by atoms with E-state index in [0.29, 0.717) is 13.0 Å². The summed E-state index contributed by atoms with van der Waals surface area (Å²) in [6.45, 7) is 2.29. The molecule has 0 aromatic carbocycles. The third kappa shape index (κ3) is 2.69. The van der Waals surface area contributed by atoms with Gasteiger partial charge in [-0.05, 0) is 19.8 Å². The molecule has 0 saturated carbocycles. The summed E-state index contributed by atoms with van der Waals surface area (Å²) in [4.78, 5) is 22.3. The van der Waals surface area contributed by atoms with Crippen LogP contribution in [0.25, 0.3) is 0 Å². The van der Waals surface area contributed by atoms with Crippen molar-refractivity contribution in [2.24, 2.45) is 5.73 Å². The van der Waals surface area contributed by atoms with Gasteiger partial charge in [0.1, 0.15) is 6.04 Å². The first-order valence-corrected chi connectivity index (χ1v) is 4.45. The van der Waals surface area contributed by atoms with Crippen LogP contribution in [-0.2, 0) is 9.59 Å². The molecule has 1 aliphatic rings. The molecule has 1 saturated heterocycles. The molecule has 2 amide bonds.